The van der Waals surface area contributed by atoms with E-state index in [2.05, 4.69) is 5.32 Å². The van der Waals surface area contributed by atoms with Gasteiger partial charge in [0.1, 0.15) is 17.3 Å². The smallest absolute Gasteiger partial charge is 0.174 e. The number of anilines is 1. The Morgan fingerprint density at radius 1 is 0.862 bits per heavy atom. The molecule has 0 unspecified atom stereocenters. The Hall–Kier alpha value is -3.12. The number of hydrogen-bond donors (Lipinski definition) is 1. The van der Waals surface area contributed by atoms with Crippen LogP contribution in [0.15, 0.2) is 72.8 Å². The summed E-state index contributed by atoms with van der Waals surface area (Å²) in [5.41, 5.74) is 2.77. The number of benzene rings is 3. The first-order chi connectivity index (χ1) is 14.1. The number of thiocarbonyl (C=S) groups is 1. The highest BCUT2D eigenvalue weighted by molar-refractivity contribution is 7.80. The molecule has 0 aliphatic rings. The average molecular weight is 411 g/mol. The van der Waals surface area contributed by atoms with Crippen LogP contribution >= 0.6 is 12.2 Å². The van der Waals surface area contributed by atoms with Gasteiger partial charge < -0.3 is 19.7 Å². The van der Waals surface area contributed by atoms with E-state index in [4.69, 9.17) is 21.7 Å². The van der Waals surface area contributed by atoms with Crippen LogP contribution < -0.4 is 14.8 Å². The normalized spacial score (nSPS) is 10.3. The fourth-order valence-electron chi connectivity index (χ4n) is 2.88. The Labute approximate surface area is 175 Å². The summed E-state index contributed by atoms with van der Waals surface area (Å²) in [5, 5.41) is 3.81. The van der Waals surface area contributed by atoms with Crippen LogP contribution in [-0.4, -0.2) is 24.2 Å². The number of nitrogens with zero attached hydrogens (tertiary/aromatic N) is 1. The average Bonchev–Trinajstić information content (AvgIpc) is 2.74. The molecule has 3 aromatic rings. The molecule has 0 amide bonds. The Balaban J connectivity index is 1.78. The Bertz CT molecular complexity index is 946. The molecule has 4 nitrogen and oxygen atoms in total. The van der Waals surface area contributed by atoms with Gasteiger partial charge in [0.25, 0.3) is 0 Å². The van der Waals surface area contributed by atoms with Gasteiger partial charge in [0.15, 0.2) is 5.11 Å². The number of hydrogen-bond acceptors (Lipinski definition) is 3. The van der Waals surface area contributed by atoms with Crippen molar-refractivity contribution in [2.45, 2.75) is 13.1 Å². The summed E-state index contributed by atoms with van der Waals surface area (Å²) in [6, 6.07) is 21.9. The van der Waals surface area contributed by atoms with Crippen molar-refractivity contribution in [1.82, 2.24) is 4.90 Å². The number of methoxy groups -OCH3 is 2. The Morgan fingerprint density at radius 2 is 1.45 bits per heavy atom. The summed E-state index contributed by atoms with van der Waals surface area (Å²) in [4.78, 5) is 2.00. The lowest BCUT2D eigenvalue weighted by atomic mass is 10.1. The molecule has 0 aliphatic heterocycles. The van der Waals surface area contributed by atoms with Crippen molar-refractivity contribution in [3.8, 4) is 11.5 Å². The lowest BCUT2D eigenvalue weighted by Crippen LogP contribution is -2.33. The van der Waals surface area contributed by atoms with Gasteiger partial charge in [0, 0.05) is 18.8 Å². The topological polar surface area (TPSA) is 33.7 Å². The second-order valence-electron chi connectivity index (χ2n) is 6.49. The molecule has 0 aliphatic carbocycles. The summed E-state index contributed by atoms with van der Waals surface area (Å²) < 4.78 is 24.1. The van der Waals surface area contributed by atoms with Crippen molar-refractivity contribution in [3.05, 3.63) is 89.7 Å². The van der Waals surface area contributed by atoms with Crippen LogP contribution in [0.5, 0.6) is 11.5 Å². The molecule has 0 spiro atoms. The van der Waals surface area contributed by atoms with Crippen LogP contribution in [0.4, 0.5) is 10.1 Å². The third-order valence-corrected chi connectivity index (χ3v) is 4.78. The molecule has 3 rings (SSSR count). The van der Waals surface area contributed by atoms with Crippen LogP contribution in [0.3, 0.4) is 0 Å². The van der Waals surface area contributed by atoms with Crippen LogP contribution in [-0.2, 0) is 13.1 Å². The van der Waals surface area contributed by atoms with Gasteiger partial charge in [-0.3, -0.25) is 0 Å². The van der Waals surface area contributed by atoms with Crippen LogP contribution in [0, 0.1) is 5.82 Å². The second kappa shape index (κ2) is 9.89. The van der Waals surface area contributed by atoms with E-state index < -0.39 is 0 Å². The number of halogens is 1. The predicted molar refractivity (Wildman–Crippen MR) is 118 cm³/mol. The van der Waals surface area contributed by atoms with Crippen molar-refractivity contribution >= 4 is 23.0 Å². The quantitative estimate of drug-likeness (QED) is 0.539. The fraction of sp³-hybridized carbons (Fsp3) is 0.174. The highest BCUT2D eigenvalue weighted by Gasteiger charge is 2.13. The predicted octanol–water partition coefficient (Wildman–Crippen LogP) is 5.24. The highest BCUT2D eigenvalue weighted by atomic mass is 32.1. The number of ether oxygens (including phenoxy) is 2. The molecule has 0 atom stereocenters. The fourth-order valence-corrected chi connectivity index (χ4v) is 3.13. The minimum atomic E-state index is -0.263. The maximum absolute atomic E-state index is 13.7. The van der Waals surface area contributed by atoms with E-state index >= 15 is 0 Å². The van der Waals surface area contributed by atoms with Gasteiger partial charge in [-0.05, 0) is 71.9 Å². The van der Waals surface area contributed by atoms with Gasteiger partial charge in [0.2, 0.25) is 0 Å². The molecule has 0 saturated carbocycles. The molecule has 0 radical (unpaired) electrons. The maximum Gasteiger partial charge on any atom is 0.174 e. The molecule has 0 bridgehead atoms. The van der Waals surface area contributed by atoms with Crippen LogP contribution in [0.1, 0.15) is 11.1 Å². The van der Waals surface area contributed by atoms with E-state index in [0.29, 0.717) is 18.2 Å². The zero-order chi connectivity index (χ0) is 20.6. The molecule has 0 fully saturated rings. The molecule has 3 aromatic carbocycles. The number of rotatable bonds is 7. The van der Waals surface area contributed by atoms with Gasteiger partial charge in [-0.1, -0.05) is 24.3 Å². The van der Waals surface area contributed by atoms with Crippen molar-refractivity contribution in [1.29, 1.82) is 0 Å². The standard InChI is InChI=1S/C23H23FN2O2S/c1-27-21-10-6-17(7-11-21)15-26(16-18-4-3-5-19(24)14-18)23(29)25-20-8-12-22(28-2)13-9-20/h3-14H,15-16H2,1-2H3,(H,25,29). The maximum atomic E-state index is 13.7. The van der Waals surface area contributed by atoms with Gasteiger partial charge >= 0.3 is 0 Å². The van der Waals surface area contributed by atoms with Crippen LogP contribution in [0.25, 0.3) is 0 Å². The first kappa shape index (κ1) is 20.6. The lowest BCUT2D eigenvalue weighted by molar-refractivity contribution is 0.406. The highest BCUT2D eigenvalue weighted by Crippen LogP contribution is 2.19. The molecule has 6 heteroatoms. The SMILES string of the molecule is COc1ccc(CN(Cc2cccc(F)c2)C(=S)Nc2ccc(OC)cc2)cc1. The molecule has 29 heavy (non-hydrogen) atoms. The van der Waals surface area contributed by atoms with E-state index in [0.717, 1.165) is 28.3 Å². The van der Waals surface area contributed by atoms with Gasteiger partial charge in [-0.15, -0.1) is 0 Å². The van der Waals surface area contributed by atoms with E-state index in [9.17, 15) is 4.39 Å². The Morgan fingerprint density at radius 3 is 2.03 bits per heavy atom. The molecule has 0 heterocycles. The molecule has 150 valence electrons. The number of nitrogens with one attached hydrogen (secondary N) is 1. The van der Waals surface area contributed by atoms with E-state index in [-0.39, 0.29) is 5.82 Å². The first-order valence-corrected chi connectivity index (χ1v) is 9.55. The minimum absolute atomic E-state index is 0.263. The van der Waals surface area contributed by atoms with E-state index in [1.54, 1.807) is 20.3 Å². The molecular formula is C23H23FN2O2S. The minimum Gasteiger partial charge on any atom is -0.497 e. The third-order valence-electron chi connectivity index (χ3n) is 4.42. The molecule has 0 saturated heterocycles. The third kappa shape index (κ3) is 5.93. The summed E-state index contributed by atoms with van der Waals surface area (Å²) in [7, 11) is 3.27. The van der Waals surface area contributed by atoms with Gasteiger partial charge in [0.05, 0.1) is 14.2 Å². The largest absolute Gasteiger partial charge is 0.497 e. The van der Waals surface area contributed by atoms with Crippen molar-refractivity contribution in [2.75, 3.05) is 19.5 Å². The summed E-state index contributed by atoms with van der Waals surface area (Å²) in [5.74, 6) is 1.31. The van der Waals surface area contributed by atoms with Crippen molar-refractivity contribution in [3.63, 3.8) is 0 Å². The van der Waals surface area contributed by atoms with Crippen molar-refractivity contribution < 1.29 is 13.9 Å². The van der Waals surface area contributed by atoms with Gasteiger partial charge in [-0.25, -0.2) is 4.39 Å². The zero-order valence-corrected chi connectivity index (χ0v) is 17.2. The summed E-state index contributed by atoms with van der Waals surface area (Å²) in [6.07, 6.45) is 0. The summed E-state index contributed by atoms with van der Waals surface area (Å²) >= 11 is 5.66. The molecule has 1 N–H and O–H groups in total. The van der Waals surface area contributed by atoms with Crippen molar-refractivity contribution in [2.24, 2.45) is 0 Å². The van der Waals surface area contributed by atoms with Crippen LogP contribution in [0.2, 0.25) is 0 Å². The second-order valence-corrected chi connectivity index (χ2v) is 6.88. The molecular weight excluding hydrogens is 387 g/mol. The monoisotopic (exact) mass is 410 g/mol. The lowest BCUT2D eigenvalue weighted by Gasteiger charge is -2.26. The zero-order valence-electron chi connectivity index (χ0n) is 16.4. The Kier molecular flexibility index (Phi) is 7.03. The molecule has 0 aromatic heterocycles. The first-order valence-electron chi connectivity index (χ1n) is 9.15. The van der Waals surface area contributed by atoms with Gasteiger partial charge in [-0.2, -0.15) is 0 Å². The van der Waals surface area contributed by atoms with E-state index in [1.165, 1.54) is 12.1 Å². The van der Waals surface area contributed by atoms with E-state index in [1.807, 2.05) is 59.5 Å². The summed E-state index contributed by atoms with van der Waals surface area (Å²) in [6.45, 7) is 1.05.